The molecule has 0 radical (unpaired) electrons. The first kappa shape index (κ1) is 47.2. The van der Waals surface area contributed by atoms with E-state index in [0.717, 1.165) is 17.8 Å². The number of benzene rings is 5. The van der Waals surface area contributed by atoms with Crippen LogP contribution < -0.4 is 25.5 Å². The van der Waals surface area contributed by atoms with Gasteiger partial charge in [0, 0.05) is 38.0 Å². The van der Waals surface area contributed by atoms with Crippen molar-refractivity contribution >= 4 is 67.9 Å². The van der Waals surface area contributed by atoms with E-state index in [1.807, 2.05) is 0 Å². The Labute approximate surface area is 438 Å². The number of rotatable bonds is 4. The molecule has 1 aromatic heterocycles. The molecule has 4 bridgehead atoms. The molecular formula is C68H81BN2S. The summed E-state index contributed by atoms with van der Waals surface area (Å²) in [6.07, 6.45) is 13.1. The molecule has 0 spiro atoms. The number of fused-ring (bicyclic) bond motifs is 7. The number of hydrogen-bond donors (Lipinski definition) is 0. The van der Waals surface area contributed by atoms with Crippen LogP contribution >= 0.6 is 11.3 Å². The van der Waals surface area contributed by atoms with Gasteiger partial charge in [0.05, 0.1) is 11.4 Å². The summed E-state index contributed by atoms with van der Waals surface area (Å²) in [4.78, 5) is 7.31. The maximum Gasteiger partial charge on any atom is 0.264 e. The zero-order valence-electron chi connectivity index (χ0n) is 46.4. The van der Waals surface area contributed by atoms with Gasteiger partial charge in [-0.15, -0.1) is 0 Å². The van der Waals surface area contributed by atoms with Gasteiger partial charge in [-0.3, -0.25) is 0 Å². The van der Waals surface area contributed by atoms with Crippen molar-refractivity contribution in [2.45, 2.75) is 199 Å². The Morgan fingerprint density at radius 2 is 1.07 bits per heavy atom. The maximum absolute atomic E-state index is 2.86. The van der Waals surface area contributed by atoms with Crippen molar-refractivity contribution < 1.29 is 0 Å². The van der Waals surface area contributed by atoms with Crippen molar-refractivity contribution in [3.63, 3.8) is 0 Å². The molecule has 372 valence electrons. The van der Waals surface area contributed by atoms with Gasteiger partial charge in [0.2, 0.25) is 0 Å². The Morgan fingerprint density at radius 1 is 0.528 bits per heavy atom. The average molecular weight is 969 g/mol. The van der Waals surface area contributed by atoms with Gasteiger partial charge in [0.1, 0.15) is 0 Å². The number of hydrogen-bond acceptors (Lipinski definition) is 3. The molecule has 4 saturated carbocycles. The van der Waals surface area contributed by atoms with Crippen molar-refractivity contribution in [1.82, 2.24) is 0 Å². The molecule has 2 nitrogen and oxygen atoms in total. The molecule has 14 rings (SSSR count). The zero-order valence-corrected chi connectivity index (χ0v) is 47.2. The van der Waals surface area contributed by atoms with Gasteiger partial charge in [-0.1, -0.05) is 152 Å². The molecule has 2 aliphatic heterocycles. The number of anilines is 6. The minimum Gasteiger partial charge on any atom is -0.311 e. The molecule has 0 amide bonds. The van der Waals surface area contributed by atoms with Gasteiger partial charge in [-0.25, -0.2) is 0 Å². The summed E-state index contributed by atoms with van der Waals surface area (Å²) in [5.41, 5.74) is 23.5. The molecule has 3 heterocycles. The molecule has 0 saturated heterocycles. The van der Waals surface area contributed by atoms with Gasteiger partial charge in [0.15, 0.2) is 0 Å². The van der Waals surface area contributed by atoms with Gasteiger partial charge in [-0.2, -0.15) is 11.3 Å². The summed E-state index contributed by atoms with van der Waals surface area (Å²) >= 11 is 2.19. The van der Waals surface area contributed by atoms with Crippen LogP contribution in [0.2, 0.25) is 0 Å². The summed E-state index contributed by atoms with van der Waals surface area (Å²) < 4.78 is 1.55. The highest BCUT2D eigenvalue weighted by Gasteiger charge is 2.55. The molecule has 0 atom stereocenters. The van der Waals surface area contributed by atoms with Crippen LogP contribution in [-0.2, 0) is 37.9 Å². The highest BCUT2D eigenvalue weighted by molar-refractivity contribution is 7.29. The van der Waals surface area contributed by atoms with Crippen LogP contribution in [0.5, 0.6) is 0 Å². The van der Waals surface area contributed by atoms with Crippen LogP contribution in [0.15, 0.2) is 97.1 Å². The zero-order chi connectivity index (χ0) is 50.4. The first-order chi connectivity index (χ1) is 33.8. The van der Waals surface area contributed by atoms with Crippen molar-refractivity contribution in [3.05, 3.63) is 135 Å². The Morgan fingerprint density at radius 3 is 1.67 bits per heavy atom. The monoisotopic (exact) mass is 969 g/mol. The molecule has 72 heavy (non-hydrogen) atoms. The lowest BCUT2D eigenvalue weighted by Gasteiger charge is -2.57. The standard InChI is InChI=1S/C68H81BN2S/c1-62(2,3)45-20-23-48(24-21-45)70-55-34-47(68-38-41-30-42(39-68)32-43(31-41)40-68)35-56-58(55)69(61-59(70)57-60(72-61)67(13,14)29-28-66(57,11)12)52-36-50-51(65(9,10)27-26-64(50,7)8)37-54(52)71(56)53-25-22-46(63(4,5)6)33-49(53)44-18-16-15-17-19-44/h15-25,33-37,41-43H,26-32,38-40H2,1-14H3. The minimum absolute atomic E-state index is 0.00148. The van der Waals surface area contributed by atoms with Crippen LogP contribution in [0.4, 0.5) is 34.1 Å². The smallest absolute Gasteiger partial charge is 0.264 e. The molecule has 4 heteroatoms. The molecule has 4 fully saturated rings. The first-order valence-electron chi connectivity index (χ1n) is 28.3. The van der Waals surface area contributed by atoms with Crippen LogP contribution in [0.25, 0.3) is 11.1 Å². The topological polar surface area (TPSA) is 6.48 Å². The summed E-state index contributed by atoms with van der Waals surface area (Å²) in [7, 11) is 0. The second-order valence-electron chi connectivity index (χ2n) is 29.4. The predicted molar refractivity (Wildman–Crippen MR) is 312 cm³/mol. The Bertz CT molecular complexity index is 3170. The largest absolute Gasteiger partial charge is 0.311 e. The fourth-order valence-corrected chi connectivity index (χ4v) is 18.0. The van der Waals surface area contributed by atoms with Gasteiger partial charge in [0.25, 0.3) is 6.71 Å². The van der Waals surface area contributed by atoms with Crippen LogP contribution in [0.1, 0.15) is 199 Å². The number of nitrogens with zero attached hydrogens (tertiary/aromatic N) is 2. The van der Waals surface area contributed by atoms with Crippen molar-refractivity contribution in [3.8, 4) is 11.1 Å². The third kappa shape index (κ3) is 6.98. The molecule has 0 unspecified atom stereocenters. The highest BCUT2D eigenvalue weighted by atomic mass is 32.1. The first-order valence-corrected chi connectivity index (χ1v) is 29.1. The van der Waals surface area contributed by atoms with Crippen molar-refractivity contribution in [2.75, 3.05) is 9.80 Å². The molecule has 6 aromatic rings. The number of thiophene rings is 1. The second-order valence-corrected chi connectivity index (χ2v) is 30.4. The molecule has 0 N–H and O–H groups in total. The summed E-state index contributed by atoms with van der Waals surface area (Å²) in [6.45, 7) is 34.7. The molecule has 8 aliphatic rings. The summed E-state index contributed by atoms with van der Waals surface area (Å²) in [5.74, 6) is 2.54. The summed E-state index contributed by atoms with van der Waals surface area (Å²) in [6, 6.07) is 40.0. The molecular weight excluding hydrogens is 888 g/mol. The minimum atomic E-state index is -0.00148. The van der Waals surface area contributed by atoms with E-state index in [0.29, 0.717) is 0 Å². The van der Waals surface area contributed by atoms with Gasteiger partial charge >= 0.3 is 0 Å². The normalized spacial score (nSPS) is 25.6. The van der Waals surface area contributed by atoms with E-state index < -0.39 is 0 Å². The SMILES string of the molecule is CC(C)(C)c1ccc(N2c3cc(C45CC6CC(CC(C6)C4)C5)cc4c3B(c3cc5c(cc3N4c3ccc(C(C)(C)C)cc3-c3ccccc3)C(C)(C)CCC5(C)C)c3sc4c(c32)C(C)(C)CCC4(C)C)cc1. The highest BCUT2D eigenvalue weighted by Crippen LogP contribution is 2.63. The second kappa shape index (κ2) is 15.3. The van der Waals surface area contributed by atoms with E-state index >= 15 is 0 Å². The van der Waals surface area contributed by atoms with E-state index in [-0.39, 0.29) is 44.6 Å². The van der Waals surface area contributed by atoms with Crippen LogP contribution in [-0.4, -0.2) is 6.71 Å². The van der Waals surface area contributed by atoms with E-state index in [9.17, 15) is 0 Å². The van der Waals surface area contributed by atoms with E-state index in [1.165, 1.54) is 132 Å². The quantitative estimate of drug-likeness (QED) is 0.162. The summed E-state index contributed by atoms with van der Waals surface area (Å²) in [5, 5.41) is 0. The molecule has 6 aliphatic carbocycles. The Balaban J connectivity index is 1.20. The average Bonchev–Trinajstić information content (AvgIpc) is 3.74. The fraction of sp³-hybridized carbons (Fsp3) is 0.500. The third-order valence-corrected chi connectivity index (χ3v) is 22.0. The lowest BCUT2D eigenvalue weighted by atomic mass is 9.35. The van der Waals surface area contributed by atoms with E-state index in [1.54, 1.807) is 31.9 Å². The van der Waals surface area contributed by atoms with Crippen molar-refractivity contribution in [1.29, 1.82) is 0 Å². The van der Waals surface area contributed by atoms with Gasteiger partial charge < -0.3 is 9.80 Å². The predicted octanol–water partition coefficient (Wildman–Crippen LogP) is 17.3. The van der Waals surface area contributed by atoms with Crippen LogP contribution in [0, 0.1) is 17.8 Å². The van der Waals surface area contributed by atoms with E-state index in [4.69, 9.17) is 0 Å². The lowest BCUT2D eigenvalue weighted by Crippen LogP contribution is -2.61. The fourth-order valence-electron chi connectivity index (χ4n) is 16.3. The Kier molecular flexibility index (Phi) is 10.0. The van der Waals surface area contributed by atoms with E-state index in [2.05, 4.69) is 215 Å². The van der Waals surface area contributed by atoms with Crippen molar-refractivity contribution in [2.24, 2.45) is 17.8 Å². The maximum atomic E-state index is 2.86. The lowest BCUT2D eigenvalue weighted by molar-refractivity contribution is -0.00514. The van der Waals surface area contributed by atoms with Crippen LogP contribution in [0.3, 0.4) is 0 Å². The van der Waals surface area contributed by atoms with Gasteiger partial charge in [-0.05, 0) is 212 Å². The molecule has 5 aromatic carbocycles. The third-order valence-electron chi connectivity index (χ3n) is 20.4. The Hall–Kier alpha value is -4.54.